The first-order valence-corrected chi connectivity index (χ1v) is 9.98. The van der Waals surface area contributed by atoms with Crippen LogP contribution < -0.4 is 0 Å². The van der Waals surface area contributed by atoms with E-state index in [0.717, 1.165) is 11.5 Å². The van der Waals surface area contributed by atoms with E-state index in [4.69, 9.17) is 0 Å². The van der Waals surface area contributed by atoms with Gasteiger partial charge in [0.15, 0.2) is 0 Å². The zero-order valence-corrected chi connectivity index (χ0v) is 13.8. The summed E-state index contributed by atoms with van der Waals surface area (Å²) in [6.07, 6.45) is 0. The second-order valence-electron chi connectivity index (χ2n) is 3.11. The number of thiophene rings is 2. The molecule has 0 aliphatic rings. The van der Waals surface area contributed by atoms with E-state index in [1.807, 2.05) is 58.0 Å². The maximum absolute atomic E-state index is 2.24. The van der Waals surface area contributed by atoms with E-state index in [2.05, 4.69) is 36.7 Å². The summed E-state index contributed by atoms with van der Waals surface area (Å²) in [7, 11) is 0. The van der Waals surface area contributed by atoms with Crippen LogP contribution in [0, 0.1) is 0 Å². The molecule has 0 saturated carbocycles. The molecule has 5 heteroatoms. The fourth-order valence-electron chi connectivity index (χ4n) is 1.33. The Hall–Kier alpha value is 0.450. The lowest BCUT2D eigenvalue weighted by atomic mass is 10.7. The minimum Gasteiger partial charge on any atom is -0.136 e. The molecule has 0 fully saturated rings. The van der Waals surface area contributed by atoms with Crippen molar-refractivity contribution in [1.29, 1.82) is 0 Å². The summed E-state index contributed by atoms with van der Waals surface area (Å²) >= 11 is 9.51. The van der Waals surface area contributed by atoms with E-state index in [-0.39, 0.29) is 0 Å². The van der Waals surface area contributed by atoms with Gasteiger partial charge in [-0.25, -0.2) is 0 Å². The largest absolute Gasteiger partial charge is 0.136 e. The Labute approximate surface area is 124 Å². The standard InChI is InChI=1S/C12H14S5/c1-3-13-9-5-7-15-11(9)17-12-10(14-4-2)6-8-16-12/h5-8H,3-4H2,1-2H3. The van der Waals surface area contributed by atoms with Crippen LogP contribution in [-0.4, -0.2) is 11.5 Å². The highest BCUT2D eigenvalue weighted by molar-refractivity contribution is 8.06. The molecule has 2 heterocycles. The van der Waals surface area contributed by atoms with Crippen molar-refractivity contribution in [2.24, 2.45) is 0 Å². The van der Waals surface area contributed by atoms with E-state index >= 15 is 0 Å². The fourth-order valence-corrected chi connectivity index (χ4v) is 6.84. The van der Waals surface area contributed by atoms with E-state index in [9.17, 15) is 0 Å². The third-order valence-corrected chi connectivity index (χ3v) is 7.67. The van der Waals surface area contributed by atoms with Crippen LogP contribution in [0.5, 0.6) is 0 Å². The van der Waals surface area contributed by atoms with Gasteiger partial charge in [-0.2, -0.15) is 0 Å². The molecule has 0 aliphatic heterocycles. The topological polar surface area (TPSA) is 0 Å². The average molecular weight is 319 g/mol. The van der Waals surface area contributed by atoms with Crippen molar-refractivity contribution in [2.75, 3.05) is 11.5 Å². The zero-order valence-electron chi connectivity index (χ0n) is 9.76. The van der Waals surface area contributed by atoms with Crippen molar-refractivity contribution in [3.05, 3.63) is 22.9 Å². The first-order chi connectivity index (χ1) is 8.35. The molecular weight excluding hydrogens is 304 g/mol. The predicted octanol–water partition coefficient (Wildman–Crippen LogP) is 6.18. The van der Waals surface area contributed by atoms with Gasteiger partial charge in [-0.05, 0) is 34.4 Å². The molecule has 2 rings (SSSR count). The maximum Gasteiger partial charge on any atom is 0.0790 e. The molecule has 0 atom stereocenters. The van der Waals surface area contributed by atoms with Gasteiger partial charge in [0.1, 0.15) is 0 Å². The Morgan fingerprint density at radius 2 is 1.35 bits per heavy atom. The maximum atomic E-state index is 2.24. The van der Waals surface area contributed by atoms with Crippen molar-refractivity contribution in [2.45, 2.75) is 32.1 Å². The number of hydrogen-bond acceptors (Lipinski definition) is 5. The third-order valence-electron chi connectivity index (χ3n) is 1.98. The average Bonchev–Trinajstić information content (AvgIpc) is 2.92. The normalized spacial score (nSPS) is 10.9. The Morgan fingerprint density at radius 1 is 0.882 bits per heavy atom. The highest BCUT2D eigenvalue weighted by atomic mass is 32.2. The molecule has 0 nitrogen and oxygen atoms in total. The molecule has 0 N–H and O–H groups in total. The predicted molar refractivity (Wildman–Crippen MR) is 85.6 cm³/mol. The van der Waals surface area contributed by atoms with Crippen molar-refractivity contribution in [1.82, 2.24) is 0 Å². The smallest absolute Gasteiger partial charge is 0.0790 e. The first kappa shape index (κ1) is 13.9. The van der Waals surface area contributed by atoms with Gasteiger partial charge in [-0.1, -0.05) is 25.6 Å². The quantitative estimate of drug-likeness (QED) is 0.583. The van der Waals surface area contributed by atoms with Crippen LogP contribution in [0.2, 0.25) is 0 Å². The van der Waals surface area contributed by atoms with Gasteiger partial charge in [0.05, 0.1) is 8.42 Å². The van der Waals surface area contributed by atoms with Crippen LogP contribution in [0.1, 0.15) is 13.8 Å². The zero-order chi connectivity index (χ0) is 12.1. The molecule has 2 aromatic rings. The number of thioether (sulfide) groups is 2. The minimum atomic E-state index is 1.14. The monoisotopic (exact) mass is 318 g/mol. The van der Waals surface area contributed by atoms with E-state index in [1.54, 1.807) is 0 Å². The van der Waals surface area contributed by atoms with E-state index in [1.165, 1.54) is 18.2 Å². The Balaban J connectivity index is 2.13. The van der Waals surface area contributed by atoms with Crippen LogP contribution >= 0.6 is 58.0 Å². The van der Waals surface area contributed by atoms with Crippen LogP contribution in [0.3, 0.4) is 0 Å². The molecule has 2 aromatic heterocycles. The minimum absolute atomic E-state index is 1.14. The van der Waals surface area contributed by atoms with Gasteiger partial charge in [0, 0.05) is 9.79 Å². The van der Waals surface area contributed by atoms with Crippen molar-refractivity contribution in [3.8, 4) is 0 Å². The lowest BCUT2D eigenvalue weighted by Gasteiger charge is -2.02. The highest BCUT2D eigenvalue weighted by Crippen LogP contribution is 2.45. The van der Waals surface area contributed by atoms with Gasteiger partial charge in [-0.3, -0.25) is 0 Å². The van der Waals surface area contributed by atoms with E-state index in [0.29, 0.717) is 0 Å². The molecule has 0 amide bonds. The van der Waals surface area contributed by atoms with Gasteiger partial charge < -0.3 is 0 Å². The highest BCUT2D eigenvalue weighted by Gasteiger charge is 2.10. The van der Waals surface area contributed by atoms with Gasteiger partial charge in [0.25, 0.3) is 0 Å². The summed E-state index contributed by atoms with van der Waals surface area (Å²) in [5.74, 6) is 2.29. The number of hydrogen-bond donors (Lipinski definition) is 0. The lowest BCUT2D eigenvalue weighted by molar-refractivity contribution is 1.34. The Kier molecular flexibility index (Phi) is 5.83. The summed E-state index contributed by atoms with van der Waals surface area (Å²) in [5, 5.41) is 4.39. The van der Waals surface area contributed by atoms with Crippen molar-refractivity contribution >= 4 is 58.0 Å². The molecule has 0 spiro atoms. The van der Waals surface area contributed by atoms with Gasteiger partial charge >= 0.3 is 0 Å². The summed E-state index contributed by atoms with van der Waals surface area (Å²) < 4.78 is 2.88. The second-order valence-corrected chi connectivity index (χ2v) is 9.09. The Bertz CT molecular complexity index is 415. The van der Waals surface area contributed by atoms with E-state index < -0.39 is 0 Å². The van der Waals surface area contributed by atoms with Gasteiger partial charge in [-0.15, -0.1) is 46.2 Å². The van der Waals surface area contributed by atoms with Crippen molar-refractivity contribution < 1.29 is 0 Å². The summed E-state index contributed by atoms with van der Waals surface area (Å²) in [6.45, 7) is 4.42. The van der Waals surface area contributed by atoms with Crippen LogP contribution in [0.15, 0.2) is 41.1 Å². The molecule has 0 saturated heterocycles. The lowest BCUT2D eigenvalue weighted by Crippen LogP contribution is -1.73. The summed E-state index contributed by atoms with van der Waals surface area (Å²) in [5.41, 5.74) is 0. The molecule has 0 bridgehead atoms. The molecule has 0 radical (unpaired) electrons. The van der Waals surface area contributed by atoms with Crippen LogP contribution in [0.25, 0.3) is 0 Å². The molecular formula is C12H14S5. The second kappa shape index (κ2) is 7.14. The first-order valence-electron chi connectivity index (χ1n) is 5.43. The molecule has 92 valence electrons. The molecule has 0 aliphatic carbocycles. The third kappa shape index (κ3) is 3.70. The van der Waals surface area contributed by atoms with Crippen LogP contribution in [0.4, 0.5) is 0 Å². The molecule has 0 aromatic carbocycles. The number of rotatable bonds is 6. The molecule has 0 unspecified atom stereocenters. The fraction of sp³-hybridized carbons (Fsp3) is 0.333. The summed E-state index contributed by atoms with van der Waals surface area (Å²) in [4.78, 5) is 2.87. The summed E-state index contributed by atoms with van der Waals surface area (Å²) in [6, 6.07) is 4.48. The van der Waals surface area contributed by atoms with Gasteiger partial charge in [0.2, 0.25) is 0 Å². The molecule has 17 heavy (non-hydrogen) atoms. The Morgan fingerprint density at radius 3 is 1.76 bits per heavy atom. The SMILES string of the molecule is CCSc1ccsc1Sc1sccc1SCC. The van der Waals surface area contributed by atoms with Crippen LogP contribution in [-0.2, 0) is 0 Å². The van der Waals surface area contributed by atoms with Crippen molar-refractivity contribution in [3.63, 3.8) is 0 Å².